The first-order valence-electron chi connectivity index (χ1n) is 7.92. The molecule has 5 heteroatoms. The van der Waals surface area contributed by atoms with E-state index in [2.05, 4.69) is 27.8 Å². The number of halogens is 1. The van der Waals surface area contributed by atoms with Crippen molar-refractivity contribution in [3.63, 3.8) is 0 Å². The monoisotopic (exact) mass is 391 g/mol. The number of nitrogens with zero attached hydrogens (tertiary/aromatic N) is 1. The van der Waals surface area contributed by atoms with Crippen LogP contribution in [0.25, 0.3) is 0 Å². The minimum atomic E-state index is -0.368. The predicted octanol–water partition coefficient (Wildman–Crippen LogP) is 4.59. The van der Waals surface area contributed by atoms with Gasteiger partial charge < -0.3 is 9.47 Å². The van der Waals surface area contributed by atoms with Crippen LogP contribution in [0.3, 0.4) is 0 Å². The Hall–Kier alpha value is -1.72. The smallest absolute Gasteiger partial charge is 0.320 e. The van der Waals surface area contributed by atoms with Gasteiger partial charge in [0.15, 0.2) is 0 Å². The summed E-state index contributed by atoms with van der Waals surface area (Å²) in [6.45, 7) is 4.08. The molecular weight excluding hydrogens is 370 g/mol. The van der Waals surface area contributed by atoms with Crippen molar-refractivity contribution in [2.45, 2.75) is 32.3 Å². The maximum atomic E-state index is 12.7. The van der Waals surface area contributed by atoms with E-state index < -0.39 is 0 Å². The van der Waals surface area contributed by atoms with Gasteiger partial charge in [-0.3, -0.25) is 4.79 Å². The molecule has 24 heavy (non-hydrogen) atoms. The lowest BCUT2D eigenvalue weighted by Gasteiger charge is -2.23. The van der Waals surface area contributed by atoms with Crippen molar-refractivity contribution in [3.8, 4) is 5.88 Å². The number of pyridine rings is 1. The summed E-state index contributed by atoms with van der Waals surface area (Å²) in [6, 6.07) is 13.0. The van der Waals surface area contributed by atoms with Gasteiger partial charge in [0.25, 0.3) is 0 Å². The number of benzene rings is 1. The zero-order chi connectivity index (χ0) is 17.5. The molecule has 2 aromatic rings. The fourth-order valence-electron chi connectivity index (χ4n) is 2.44. The van der Waals surface area contributed by atoms with E-state index in [1.54, 1.807) is 31.5 Å². The molecule has 0 aliphatic rings. The summed E-state index contributed by atoms with van der Waals surface area (Å²) in [5.41, 5.74) is 0.925. The third-order valence-electron chi connectivity index (χ3n) is 4.18. The van der Waals surface area contributed by atoms with E-state index in [0.29, 0.717) is 12.3 Å². The Kier molecular flexibility index (Phi) is 6.94. The van der Waals surface area contributed by atoms with Crippen LogP contribution >= 0.6 is 15.9 Å². The highest BCUT2D eigenvalue weighted by Gasteiger charge is 2.27. The van der Waals surface area contributed by atoms with Gasteiger partial charge in [0.1, 0.15) is 0 Å². The molecule has 1 aromatic carbocycles. The average molecular weight is 392 g/mol. The van der Waals surface area contributed by atoms with Gasteiger partial charge in [0.05, 0.1) is 12.0 Å². The number of ether oxygens (including phenoxy) is 2. The van der Waals surface area contributed by atoms with E-state index in [-0.39, 0.29) is 23.9 Å². The Morgan fingerprint density at radius 2 is 1.88 bits per heavy atom. The van der Waals surface area contributed by atoms with Crippen molar-refractivity contribution in [1.29, 1.82) is 0 Å². The third-order valence-corrected chi connectivity index (χ3v) is 4.71. The van der Waals surface area contributed by atoms with E-state index in [9.17, 15) is 4.79 Å². The fourth-order valence-corrected chi connectivity index (χ4v) is 2.71. The van der Waals surface area contributed by atoms with E-state index in [4.69, 9.17) is 9.47 Å². The highest BCUT2D eigenvalue weighted by Crippen LogP contribution is 2.29. The Labute approximate surface area is 151 Å². The zero-order valence-electron chi connectivity index (χ0n) is 14.1. The lowest BCUT2D eigenvalue weighted by atomic mass is 9.87. The second kappa shape index (κ2) is 8.94. The van der Waals surface area contributed by atoms with Crippen molar-refractivity contribution in [3.05, 3.63) is 58.7 Å². The van der Waals surface area contributed by atoms with Crippen LogP contribution in [0.15, 0.2) is 53.1 Å². The highest BCUT2D eigenvalue weighted by atomic mass is 79.9. The van der Waals surface area contributed by atoms with Crippen LogP contribution in [0.1, 0.15) is 31.7 Å². The van der Waals surface area contributed by atoms with E-state index >= 15 is 0 Å². The lowest BCUT2D eigenvalue weighted by Crippen LogP contribution is -2.25. The Bertz CT molecular complexity index is 645. The molecule has 0 saturated heterocycles. The molecule has 3 unspecified atom stereocenters. The Balaban J connectivity index is 2.21. The summed E-state index contributed by atoms with van der Waals surface area (Å²) in [5.74, 6) is -0.143. The van der Waals surface area contributed by atoms with Gasteiger partial charge in [-0.2, -0.15) is 0 Å². The first kappa shape index (κ1) is 18.6. The number of hydrogen-bond donors (Lipinski definition) is 0. The topological polar surface area (TPSA) is 48.4 Å². The van der Waals surface area contributed by atoms with Crippen LogP contribution in [0.2, 0.25) is 0 Å². The summed E-state index contributed by atoms with van der Waals surface area (Å²) in [4.78, 5) is 16.8. The van der Waals surface area contributed by atoms with Gasteiger partial charge in [0, 0.05) is 23.8 Å². The highest BCUT2D eigenvalue weighted by molar-refractivity contribution is 9.10. The molecule has 0 amide bonds. The number of carbonyl (C=O) groups excluding carboxylic acids is 1. The molecule has 0 saturated carbocycles. The Morgan fingerprint density at radius 1 is 1.17 bits per heavy atom. The zero-order valence-corrected chi connectivity index (χ0v) is 15.7. The van der Waals surface area contributed by atoms with Crippen LogP contribution in [-0.4, -0.2) is 24.2 Å². The first-order chi connectivity index (χ1) is 11.5. The molecule has 0 N–H and O–H groups in total. The summed E-state index contributed by atoms with van der Waals surface area (Å²) in [6.07, 6.45) is 2.31. The molecule has 0 aliphatic carbocycles. The van der Waals surface area contributed by atoms with Gasteiger partial charge in [-0.25, -0.2) is 4.98 Å². The number of esters is 1. The van der Waals surface area contributed by atoms with Gasteiger partial charge in [-0.15, -0.1) is 0 Å². The molecule has 0 radical (unpaired) electrons. The maximum Gasteiger partial charge on any atom is 0.320 e. The van der Waals surface area contributed by atoms with E-state index in [1.807, 2.05) is 31.2 Å². The Morgan fingerprint density at radius 3 is 2.46 bits per heavy atom. The van der Waals surface area contributed by atoms with Crippen molar-refractivity contribution in [2.24, 2.45) is 5.92 Å². The largest absolute Gasteiger partial charge is 0.407 e. The molecule has 128 valence electrons. The van der Waals surface area contributed by atoms with Crippen molar-refractivity contribution in [2.75, 3.05) is 7.11 Å². The molecular formula is C19H22BrNO3. The van der Waals surface area contributed by atoms with Crippen LogP contribution in [0.5, 0.6) is 5.88 Å². The minimum absolute atomic E-state index is 0.0607. The molecule has 1 aromatic heterocycles. The quantitative estimate of drug-likeness (QED) is 0.647. The molecule has 4 nitrogen and oxygen atoms in total. The number of aromatic nitrogens is 1. The molecule has 0 aliphatic heterocycles. The summed E-state index contributed by atoms with van der Waals surface area (Å²) in [7, 11) is 1.68. The molecule has 3 atom stereocenters. The number of rotatable bonds is 7. The number of hydrogen-bond acceptors (Lipinski definition) is 4. The van der Waals surface area contributed by atoms with Crippen LogP contribution in [-0.2, 0) is 9.53 Å². The maximum absolute atomic E-state index is 12.7. The standard InChI is InChI=1S/C19H22BrNO3/c1-13(14(2)23-3)12-17(15-7-9-16(20)10-8-15)19(22)24-18-6-4-5-11-21-18/h4-11,13-14,17H,12H2,1-3H3. The fraction of sp³-hybridized carbons (Fsp3) is 0.368. The minimum Gasteiger partial charge on any atom is -0.407 e. The van der Waals surface area contributed by atoms with Gasteiger partial charge in [-0.1, -0.05) is 41.1 Å². The summed E-state index contributed by atoms with van der Waals surface area (Å²) < 4.78 is 11.8. The summed E-state index contributed by atoms with van der Waals surface area (Å²) >= 11 is 3.42. The van der Waals surface area contributed by atoms with Gasteiger partial charge >= 0.3 is 5.97 Å². The second-order valence-corrected chi connectivity index (χ2v) is 6.76. The number of methoxy groups -OCH3 is 1. The van der Waals surface area contributed by atoms with E-state index in [0.717, 1.165) is 10.0 Å². The molecule has 0 fully saturated rings. The van der Waals surface area contributed by atoms with Gasteiger partial charge in [0.2, 0.25) is 5.88 Å². The molecule has 2 rings (SSSR count). The molecule has 0 bridgehead atoms. The summed E-state index contributed by atoms with van der Waals surface area (Å²) in [5, 5.41) is 0. The molecule has 0 spiro atoms. The van der Waals surface area contributed by atoms with Crippen molar-refractivity contribution in [1.82, 2.24) is 4.98 Å². The van der Waals surface area contributed by atoms with Crippen LogP contribution < -0.4 is 4.74 Å². The van der Waals surface area contributed by atoms with Crippen LogP contribution in [0, 0.1) is 5.92 Å². The third kappa shape index (κ3) is 5.14. The normalized spacial score (nSPS) is 14.7. The second-order valence-electron chi connectivity index (χ2n) is 5.85. The first-order valence-corrected chi connectivity index (χ1v) is 8.71. The van der Waals surface area contributed by atoms with Crippen LogP contribution in [0.4, 0.5) is 0 Å². The lowest BCUT2D eigenvalue weighted by molar-refractivity contribution is -0.137. The predicted molar refractivity (Wildman–Crippen MR) is 97.0 cm³/mol. The number of carbonyl (C=O) groups is 1. The SMILES string of the molecule is COC(C)C(C)CC(C(=O)Oc1ccccn1)c1ccc(Br)cc1. The average Bonchev–Trinajstić information content (AvgIpc) is 2.60. The van der Waals surface area contributed by atoms with Gasteiger partial charge in [-0.05, 0) is 43.0 Å². The van der Waals surface area contributed by atoms with E-state index in [1.165, 1.54) is 0 Å². The molecule has 1 heterocycles. The van der Waals surface area contributed by atoms with Crippen molar-refractivity contribution < 1.29 is 14.3 Å². The van der Waals surface area contributed by atoms with Crippen molar-refractivity contribution >= 4 is 21.9 Å².